The zero-order valence-electron chi connectivity index (χ0n) is 13.2. The number of rotatable bonds is 7. The largest absolute Gasteiger partial charge is 0.496 e. The van der Waals surface area contributed by atoms with Crippen molar-refractivity contribution in [2.75, 3.05) is 13.7 Å². The lowest BCUT2D eigenvalue weighted by atomic mass is 10.2. The van der Waals surface area contributed by atoms with Gasteiger partial charge in [-0.3, -0.25) is 4.79 Å². The third kappa shape index (κ3) is 3.99. The molecule has 0 radical (unpaired) electrons. The Morgan fingerprint density at radius 1 is 1.29 bits per heavy atom. The zero-order chi connectivity index (χ0) is 16.8. The minimum absolute atomic E-state index is 0.0121. The van der Waals surface area contributed by atoms with Gasteiger partial charge in [-0.15, -0.1) is 11.3 Å². The highest BCUT2D eigenvalue weighted by molar-refractivity contribution is 7.10. The van der Waals surface area contributed by atoms with E-state index in [0.717, 1.165) is 10.4 Å². The molecule has 0 spiro atoms. The topological polar surface area (TPSA) is 77.3 Å². The van der Waals surface area contributed by atoms with Gasteiger partial charge in [0.15, 0.2) is 0 Å². The number of carbonyl (C=O) groups is 1. The molecule has 7 heteroatoms. The molecule has 124 valence electrons. The molecule has 24 heavy (non-hydrogen) atoms. The molecule has 3 aromatic rings. The molecule has 0 saturated heterocycles. The van der Waals surface area contributed by atoms with Crippen LogP contribution in [0.25, 0.3) is 11.4 Å². The Hall–Kier alpha value is -2.67. The molecule has 0 fully saturated rings. The van der Waals surface area contributed by atoms with Crippen molar-refractivity contribution in [3.63, 3.8) is 0 Å². The molecule has 6 nitrogen and oxygen atoms in total. The fourth-order valence-electron chi connectivity index (χ4n) is 2.24. The zero-order valence-corrected chi connectivity index (χ0v) is 14.0. The van der Waals surface area contributed by atoms with E-state index in [0.29, 0.717) is 36.9 Å². The molecular weight excluding hydrogens is 326 g/mol. The fourth-order valence-corrected chi connectivity index (χ4v) is 2.94. The van der Waals surface area contributed by atoms with Gasteiger partial charge in [0.25, 0.3) is 0 Å². The van der Waals surface area contributed by atoms with Crippen LogP contribution in [0, 0.1) is 0 Å². The number of aromatic nitrogens is 2. The summed E-state index contributed by atoms with van der Waals surface area (Å²) in [6.45, 7) is 0.456. The van der Waals surface area contributed by atoms with Gasteiger partial charge >= 0.3 is 0 Å². The molecule has 2 heterocycles. The first-order chi connectivity index (χ1) is 11.8. The second kappa shape index (κ2) is 7.74. The lowest BCUT2D eigenvalue weighted by Gasteiger charge is -2.03. The third-order valence-corrected chi connectivity index (χ3v) is 4.27. The SMILES string of the molecule is COc1ccccc1-c1noc(CCNC(=O)Cc2cccs2)n1. The van der Waals surface area contributed by atoms with E-state index in [1.807, 2.05) is 41.8 Å². The fraction of sp³-hybridized carbons (Fsp3) is 0.235. The predicted octanol–water partition coefficient (Wildman–Crippen LogP) is 2.71. The molecule has 1 amide bonds. The summed E-state index contributed by atoms with van der Waals surface area (Å²) in [6.07, 6.45) is 0.881. The lowest BCUT2D eigenvalue weighted by molar-refractivity contribution is -0.120. The van der Waals surface area contributed by atoms with Crippen molar-refractivity contribution in [3.05, 3.63) is 52.5 Å². The van der Waals surface area contributed by atoms with E-state index in [4.69, 9.17) is 9.26 Å². The van der Waals surface area contributed by atoms with Crippen LogP contribution in [-0.2, 0) is 17.6 Å². The van der Waals surface area contributed by atoms with Gasteiger partial charge in [0, 0.05) is 17.8 Å². The van der Waals surface area contributed by atoms with Gasteiger partial charge < -0.3 is 14.6 Å². The number of carbonyl (C=O) groups excluding carboxylic acids is 1. The summed E-state index contributed by atoms with van der Waals surface area (Å²) >= 11 is 1.57. The summed E-state index contributed by atoms with van der Waals surface area (Å²) in [4.78, 5) is 17.2. The lowest BCUT2D eigenvalue weighted by Crippen LogP contribution is -2.27. The second-order valence-corrected chi connectivity index (χ2v) is 6.10. The second-order valence-electron chi connectivity index (χ2n) is 5.07. The van der Waals surface area contributed by atoms with Gasteiger partial charge in [-0.1, -0.05) is 23.4 Å². The monoisotopic (exact) mass is 343 g/mol. The van der Waals surface area contributed by atoms with E-state index in [-0.39, 0.29) is 5.91 Å². The van der Waals surface area contributed by atoms with Crippen molar-refractivity contribution in [2.45, 2.75) is 12.8 Å². The van der Waals surface area contributed by atoms with Crippen LogP contribution in [0.5, 0.6) is 5.75 Å². The van der Waals surface area contributed by atoms with E-state index in [9.17, 15) is 4.79 Å². The number of thiophene rings is 1. The van der Waals surface area contributed by atoms with Crippen LogP contribution in [0.15, 0.2) is 46.3 Å². The quantitative estimate of drug-likeness (QED) is 0.714. The van der Waals surface area contributed by atoms with Crippen molar-refractivity contribution < 1.29 is 14.1 Å². The normalized spacial score (nSPS) is 10.5. The molecule has 0 atom stereocenters. The minimum Gasteiger partial charge on any atom is -0.496 e. The van der Waals surface area contributed by atoms with Crippen molar-refractivity contribution in [1.29, 1.82) is 0 Å². The van der Waals surface area contributed by atoms with Gasteiger partial charge in [0.05, 0.1) is 19.1 Å². The van der Waals surface area contributed by atoms with Gasteiger partial charge in [-0.05, 0) is 23.6 Å². The molecule has 0 aliphatic rings. The van der Waals surface area contributed by atoms with E-state index in [1.54, 1.807) is 18.4 Å². The Morgan fingerprint density at radius 2 is 2.17 bits per heavy atom. The Morgan fingerprint density at radius 3 is 2.96 bits per heavy atom. The summed E-state index contributed by atoms with van der Waals surface area (Å²) in [5.41, 5.74) is 0.775. The van der Waals surface area contributed by atoms with Crippen LogP contribution in [0.3, 0.4) is 0 Å². The van der Waals surface area contributed by atoms with E-state index >= 15 is 0 Å². The smallest absolute Gasteiger partial charge is 0.228 e. The van der Waals surface area contributed by atoms with Gasteiger partial charge in [-0.25, -0.2) is 0 Å². The number of benzene rings is 1. The number of hydrogen-bond donors (Lipinski definition) is 1. The maximum atomic E-state index is 11.8. The maximum absolute atomic E-state index is 11.8. The molecule has 2 aromatic heterocycles. The molecule has 0 saturated carbocycles. The Bertz CT molecular complexity index is 799. The number of amides is 1. The van der Waals surface area contributed by atoms with Crippen LogP contribution in [0.2, 0.25) is 0 Å². The number of nitrogens with zero attached hydrogens (tertiary/aromatic N) is 2. The molecular formula is C17H17N3O3S. The summed E-state index contributed by atoms with van der Waals surface area (Å²) in [7, 11) is 1.60. The number of para-hydroxylation sites is 1. The van der Waals surface area contributed by atoms with Gasteiger partial charge in [-0.2, -0.15) is 4.98 Å². The molecule has 3 rings (SSSR count). The van der Waals surface area contributed by atoms with Crippen LogP contribution in [0.4, 0.5) is 0 Å². The van der Waals surface area contributed by atoms with Crippen molar-refractivity contribution >= 4 is 17.2 Å². The summed E-state index contributed by atoms with van der Waals surface area (Å²) < 4.78 is 10.5. The summed E-state index contributed by atoms with van der Waals surface area (Å²) in [6, 6.07) is 11.4. The first-order valence-electron chi connectivity index (χ1n) is 7.51. The standard InChI is InChI=1S/C17H17N3O3S/c1-22-14-7-3-2-6-13(14)17-19-16(23-20-17)8-9-18-15(21)11-12-5-4-10-24-12/h2-7,10H,8-9,11H2,1H3,(H,18,21). The Balaban J connectivity index is 1.54. The first-order valence-corrected chi connectivity index (χ1v) is 8.39. The number of methoxy groups -OCH3 is 1. The number of hydrogen-bond acceptors (Lipinski definition) is 6. The van der Waals surface area contributed by atoms with E-state index < -0.39 is 0 Å². The van der Waals surface area contributed by atoms with Crippen LogP contribution in [-0.4, -0.2) is 29.7 Å². The Labute approximate surface area is 143 Å². The maximum Gasteiger partial charge on any atom is 0.228 e. The third-order valence-electron chi connectivity index (χ3n) is 3.39. The predicted molar refractivity (Wildman–Crippen MR) is 91.0 cm³/mol. The molecule has 0 aliphatic carbocycles. The summed E-state index contributed by atoms with van der Waals surface area (Å²) in [5, 5.41) is 8.79. The highest BCUT2D eigenvalue weighted by Gasteiger charge is 2.13. The van der Waals surface area contributed by atoms with Crippen LogP contribution < -0.4 is 10.1 Å². The average molecular weight is 343 g/mol. The molecule has 0 unspecified atom stereocenters. The molecule has 1 aromatic carbocycles. The van der Waals surface area contributed by atoms with Crippen LogP contribution >= 0.6 is 11.3 Å². The number of ether oxygens (including phenoxy) is 1. The molecule has 0 aliphatic heterocycles. The van der Waals surface area contributed by atoms with Crippen molar-refractivity contribution in [1.82, 2.24) is 15.5 Å². The van der Waals surface area contributed by atoms with Gasteiger partial charge in [0.1, 0.15) is 5.75 Å². The van der Waals surface area contributed by atoms with E-state index in [1.165, 1.54) is 0 Å². The van der Waals surface area contributed by atoms with Crippen molar-refractivity contribution in [2.24, 2.45) is 0 Å². The van der Waals surface area contributed by atoms with Crippen molar-refractivity contribution in [3.8, 4) is 17.1 Å². The highest BCUT2D eigenvalue weighted by atomic mass is 32.1. The highest BCUT2D eigenvalue weighted by Crippen LogP contribution is 2.26. The number of nitrogens with one attached hydrogen (secondary N) is 1. The Kier molecular flexibility index (Phi) is 5.22. The van der Waals surface area contributed by atoms with E-state index in [2.05, 4.69) is 15.5 Å². The molecule has 0 bridgehead atoms. The molecule has 1 N–H and O–H groups in total. The van der Waals surface area contributed by atoms with Crippen LogP contribution in [0.1, 0.15) is 10.8 Å². The summed E-state index contributed by atoms with van der Waals surface area (Å²) in [5.74, 6) is 1.63. The average Bonchev–Trinajstić information content (AvgIpc) is 3.27. The van der Waals surface area contributed by atoms with Gasteiger partial charge in [0.2, 0.25) is 17.6 Å². The minimum atomic E-state index is -0.0121. The first kappa shape index (κ1) is 16.2.